The molecule has 148 valence electrons. The van der Waals surface area contributed by atoms with Crippen molar-refractivity contribution >= 4 is 5.91 Å². The molecule has 3 heterocycles. The number of hydrogen-bond donors (Lipinski definition) is 0. The van der Waals surface area contributed by atoms with Crippen LogP contribution in [-0.2, 0) is 6.54 Å². The van der Waals surface area contributed by atoms with Gasteiger partial charge in [0.05, 0.1) is 6.17 Å². The van der Waals surface area contributed by atoms with Crippen molar-refractivity contribution in [3.63, 3.8) is 0 Å². The van der Waals surface area contributed by atoms with Gasteiger partial charge in [0.25, 0.3) is 12.3 Å². The highest BCUT2D eigenvalue weighted by Crippen LogP contribution is 2.42. The Hall–Kier alpha value is -2.28. The molecule has 2 saturated heterocycles. The Kier molecular flexibility index (Phi) is 4.42. The summed E-state index contributed by atoms with van der Waals surface area (Å²) in [6, 6.07) is 10.1. The summed E-state index contributed by atoms with van der Waals surface area (Å²) in [6.45, 7) is 2.22. The molecular formula is C21H23F2N3O2. The summed E-state index contributed by atoms with van der Waals surface area (Å²) in [6.07, 6.45) is 0.819. The van der Waals surface area contributed by atoms with E-state index in [-0.39, 0.29) is 17.8 Å². The fourth-order valence-electron chi connectivity index (χ4n) is 4.59. The third-order valence-corrected chi connectivity index (χ3v) is 6.13. The van der Waals surface area contributed by atoms with E-state index in [4.69, 9.17) is 4.42 Å². The highest BCUT2D eigenvalue weighted by atomic mass is 19.3. The number of benzene rings is 1. The SMILES string of the molecule is O=C(c1oc(C2CC2)nc1C(F)F)N1CCC2CCN(Cc3ccccc3)C21. The molecule has 0 radical (unpaired) electrons. The molecule has 0 bridgehead atoms. The van der Waals surface area contributed by atoms with Gasteiger partial charge in [-0.3, -0.25) is 9.69 Å². The Balaban J connectivity index is 1.40. The zero-order valence-corrected chi connectivity index (χ0v) is 15.6. The molecule has 1 saturated carbocycles. The van der Waals surface area contributed by atoms with Gasteiger partial charge in [0.1, 0.15) is 0 Å². The number of hydrogen-bond acceptors (Lipinski definition) is 4. The van der Waals surface area contributed by atoms with Crippen molar-refractivity contribution in [1.29, 1.82) is 0 Å². The Morgan fingerprint density at radius 3 is 2.61 bits per heavy atom. The third-order valence-electron chi connectivity index (χ3n) is 6.13. The number of halogens is 2. The van der Waals surface area contributed by atoms with Crippen molar-refractivity contribution in [2.75, 3.05) is 13.1 Å². The molecule has 5 nitrogen and oxygen atoms in total. The van der Waals surface area contributed by atoms with Gasteiger partial charge in [-0.15, -0.1) is 0 Å². The van der Waals surface area contributed by atoms with Crippen molar-refractivity contribution in [1.82, 2.24) is 14.8 Å². The van der Waals surface area contributed by atoms with E-state index in [1.54, 1.807) is 4.90 Å². The van der Waals surface area contributed by atoms with E-state index in [2.05, 4.69) is 22.0 Å². The van der Waals surface area contributed by atoms with E-state index in [0.717, 1.165) is 38.8 Å². The van der Waals surface area contributed by atoms with Gasteiger partial charge in [0.2, 0.25) is 5.76 Å². The summed E-state index contributed by atoms with van der Waals surface area (Å²) in [4.78, 5) is 21.2. The first-order valence-electron chi connectivity index (χ1n) is 9.99. The quantitative estimate of drug-likeness (QED) is 0.772. The van der Waals surface area contributed by atoms with Crippen LogP contribution in [-0.4, -0.2) is 39.9 Å². The maximum atomic E-state index is 13.5. The molecule has 2 aliphatic heterocycles. The summed E-state index contributed by atoms with van der Waals surface area (Å²) in [5.74, 6) is 0.0631. The van der Waals surface area contributed by atoms with Gasteiger partial charge in [-0.2, -0.15) is 0 Å². The number of amides is 1. The number of aromatic nitrogens is 1. The fraction of sp³-hybridized carbons (Fsp3) is 0.524. The zero-order valence-electron chi connectivity index (χ0n) is 15.6. The lowest BCUT2D eigenvalue weighted by atomic mass is 10.1. The fourth-order valence-corrected chi connectivity index (χ4v) is 4.59. The Labute approximate surface area is 162 Å². The van der Waals surface area contributed by atoms with Crippen LogP contribution in [0.3, 0.4) is 0 Å². The maximum Gasteiger partial charge on any atom is 0.293 e. The molecule has 1 aromatic heterocycles. The Bertz CT molecular complexity index is 866. The monoisotopic (exact) mass is 387 g/mol. The van der Waals surface area contributed by atoms with Crippen molar-refractivity contribution in [2.24, 2.45) is 5.92 Å². The van der Waals surface area contributed by atoms with Gasteiger partial charge in [0.15, 0.2) is 11.6 Å². The van der Waals surface area contributed by atoms with E-state index >= 15 is 0 Å². The van der Waals surface area contributed by atoms with E-state index in [1.165, 1.54) is 5.56 Å². The first kappa shape index (κ1) is 17.8. The molecule has 7 heteroatoms. The highest BCUT2D eigenvalue weighted by molar-refractivity contribution is 5.93. The standard InChI is InChI=1S/C21H23F2N3O2/c22-18(23)16-17(28-19(24-16)14-6-7-14)21(27)26-11-9-15-8-10-25(20(15)26)12-13-4-2-1-3-5-13/h1-5,14-15,18,20H,6-12H2. The minimum Gasteiger partial charge on any atom is -0.435 e. The molecule has 1 aliphatic carbocycles. The molecule has 2 unspecified atom stereocenters. The molecule has 0 N–H and O–H groups in total. The van der Waals surface area contributed by atoms with Gasteiger partial charge >= 0.3 is 0 Å². The molecule has 1 aromatic carbocycles. The number of carbonyl (C=O) groups is 1. The molecule has 3 fully saturated rings. The minimum absolute atomic E-state index is 0.0623. The summed E-state index contributed by atoms with van der Waals surface area (Å²) < 4.78 is 32.6. The number of alkyl halides is 2. The third kappa shape index (κ3) is 3.11. The van der Waals surface area contributed by atoms with E-state index < -0.39 is 18.0 Å². The smallest absolute Gasteiger partial charge is 0.293 e. The lowest BCUT2D eigenvalue weighted by Crippen LogP contribution is -2.45. The van der Waals surface area contributed by atoms with Crippen LogP contribution in [0.5, 0.6) is 0 Å². The first-order valence-corrected chi connectivity index (χ1v) is 9.99. The average Bonchev–Trinajstić information content (AvgIpc) is 3.14. The molecule has 1 amide bonds. The van der Waals surface area contributed by atoms with Crippen LogP contribution in [0.1, 0.15) is 65.7 Å². The van der Waals surface area contributed by atoms with Crippen LogP contribution in [0.2, 0.25) is 0 Å². The van der Waals surface area contributed by atoms with Crippen molar-refractivity contribution in [3.05, 3.63) is 53.2 Å². The van der Waals surface area contributed by atoms with Crippen LogP contribution in [0.4, 0.5) is 8.78 Å². The van der Waals surface area contributed by atoms with Crippen LogP contribution >= 0.6 is 0 Å². The highest BCUT2D eigenvalue weighted by Gasteiger charge is 2.46. The van der Waals surface area contributed by atoms with Gasteiger partial charge in [-0.25, -0.2) is 13.8 Å². The van der Waals surface area contributed by atoms with Gasteiger partial charge in [-0.05, 0) is 37.2 Å². The number of rotatable bonds is 5. The number of fused-ring (bicyclic) bond motifs is 1. The van der Waals surface area contributed by atoms with E-state index in [0.29, 0.717) is 18.4 Å². The number of oxazole rings is 1. The Morgan fingerprint density at radius 1 is 1.14 bits per heavy atom. The zero-order chi connectivity index (χ0) is 19.3. The second-order valence-electron chi connectivity index (χ2n) is 8.05. The molecule has 28 heavy (non-hydrogen) atoms. The van der Waals surface area contributed by atoms with E-state index in [1.807, 2.05) is 18.2 Å². The largest absolute Gasteiger partial charge is 0.435 e. The van der Waals surface area contributed by atoms with Crippen LogP contribution in [0.25, 0.3) is 0 Å². The predicted octanol–water partition coefficient (Wildman–Crippen LogP) is 4.18. The van der Waals surface area contributed by atoms with Gasteiger partial charge in [0, 0.05) is 25.6 Å². The summed E-state index contributed by atoms with van der Waals surface area (Å²) in [5, 5.41) is 0. The lowest BCUT2D eigenvalue weighted by molar-refractivity contribution is 0.0467. The maximum absolute atomic E-state index is 13.5. The molecule has 3 aliphatic rings. The molecular weight excluding hydrogens is 364 g/mol. The van der Waals surface area contributed by atoms with Crippen molar-refractivity contribution < 1.29 is 18.0 Å². The van der Waals surface area contributed by atoms with Crippen molar-refractivity contribution in [2.45, 2.75) is 50.7 Å². The van der Waals surface area contributed by atoms with Crippen LogP contribution in [0.15, 0.2) is 34.7 Å². The van der Waals surface area contributed by atoms with Crippen LogP contribution < -0.4 is 0 Å². The molecule has 0 spiro atoms. The van der Waals surface area contributed by atoms with Gasteiger partial charge < -0.3 is 9.32 Å². The average molecular weight is 387 g/mol. The van der Waals surface area contributed by atoms with Crippen molar-refractivity contribution in [3.8, 4) is 0 Å². The summed E-state index contributed by atoms with van der Waals surface area (Å²) >= 11 is 0. The van der Waals surface area contributed by atoms with Crippen LogP contribution in [0, 0.1) is 5.92 Å². The number of nitrogens with zero attached hydrogens (tertiary/aromatic N) is 3. The second kappa shape index (κ2) is 6.95. The summed E-state index contributed by atoms with van der Waals surface area (Å²) in [5.41, 5.74) is 0.689. The predicted molar refractivity (Wildman–Crippen MR) is 97.8 cm³/mol. The van der Waals surface area contributed by atoms with Gasteiger partial charge in [-0.1, -0.05) is 30.3 Å². The molecule has 2 aromatic rings. The minimum atomic E-state index is -2.81. The molecule has 5 rings (SSSR count). The first-order chi connectivity index (χ1) is 13.6. The summed E-state index contributed by atoms with van der Waals surface area (Å²) in [7, 11) is 0. The topological polar surface area (TPSA) is 49.6 Å². The van der Waals surface area contributed by atoms with E-state index in [9.17, 15) is 13.6 Å². The second-order valence-corrected chi connectivity index (χ2v) is 8.05. The number of carbonyl (C=O) groups excluding carboxylic acids is 1. The Morgan fingerprint density at radius 2 is 1.89 bits per heavy atom. The molecule has 2 atom stereocenters. The normalized spacial score (nSPS) is 24.9. The number of likely N-dealkylation sites (tertiary alicyclic amines) is 2. The lowest BCUT2D eigenvalue weighted by Gasteiger charge is -2.32.